The first kappa shape index (κ1) is 22.2. The van der Waals surface area contributed by atoms with E-state index in [-0.39, 0.29) is 41.3 Å². The van der Waals surface area contributed by atoms with E-state index < -0.39 is 9.84 Å². The Bertz CT molecular complexity index is 596. The monoisotopic (exact) mass is 453 g/mol. The predicted molar refractivity (Wildman–Crippen MR) is 107 cm³/mol. The van der Waals surface area contributed by atoms with Crippen molar-refractivity contribution < 1.29 is 8.42 Å². The van der Waals surface area contributed by atoms with Crippen LogP contribution in [0.15, 0.2) is 40.2 Å². The molecule has 1 aromatic rings. The summed E-state index contributed by atoms with van der Waals surface area (Å²) in [5, 5.41) is 6.44. The number of hydrogen-bond donors (Lipinski definition) is 2. The van der Waals surface area contributed by atoms with Crippen LogP contribution in [0.3, 0.4) is 0 Å². The zero-order chi connectivity index (χ0) is 16.8. The number of benzene rings is 1. The summed E-state index contributed by atoms with van der Waals surface area (Å²) in [5.74, 6) is 0.654. The van der Waals surface area contributed by atoms with E-state index in [2.05, 4.69) is 15.6 Å². The molecule has 2 N–H and O–H groups in total. The van der Waals surface area contributed by atoms with Gasteiger partial charge < -0.3 is 10.6 Å². The minimum absolute atomic E-state index is 0. The highest BCUT2D eigenvalue weighted by atomic mass is 127. The zero-order valence-electron chi connectivity index (χ0n) is 14.5. The molecule has 1 atom stereocenters. The lowest BCUT2D eigenvalue weighted by atomic mass is 10.1. The molecule has 132 valence electrons. The van der Waals surface area contributed by atoms with Gasteiger partial charge in [0.2, 0.25) is 0 Å². The molecule has 0 bridgehead atoms. The van der Waals surface area contributed by atoms with Gasteiger partial charge in [-0.3, -0.25) is 4.99 Å². The third kappa shape index (κ3) is 8.01. The summed E-state index contributed by atoms with van der Waals surface area (Å²) < 4.78 is 24.9. The maximum atomic E-state index is 12.5. The molecule has 7 heteroatoms. The number of hydrogen-bond acceptors (Lipinski definition) is 3. The molecule has 0 spiro atoms. The lowest BCUT2D eigenvalue weighted by Gasteiger charge is -2.27. The molecule has 0 aromatic heterocycles. The Morgan fingerprint density at radius 1 is 1.22 bits per heavy atom. The molecule has 0 amide bonds. The Labute approximate surface area is 157 Å². The molecule has 0 radical (unpaired) electrons. The molecule has 0 saturated heterocycles. The number of sulfone groups is 1. The van der Waals surface area contributed by atoms with E-state index in [9.17, 15) is 8.42 Å². The second-order valence-corrected chi connectivity index (χ2v) is 8.33. The van der Waals surface area contributed by atoms with Crippen LogP contribution in [0.25, 0.3) is 0 Å². The first-order chi connectivity index (χ1) is 10.2. The fourth-order valence-electron chi connectivity index (χ4n) is 1.96. The highest BCUT2D eigenvalue weighted by Crippen LogP contribution is 2.12. The standard InChI is InChI=1S/C16H27N3O2S.HI/c1-6-13(18-15(17-5)19-16(2,3)4)12-22(20,21)14-10-8-7-9-11-14;/h7-11,13H,6,12H2,1-5H3,(H2,17,18,19);1H. The highest BCUT2D eigenvalue weighted by molar-refractivity contribution is 14.0. The number of rotatable bonds is 5. The maximum absolute atomic E-state index is 12.5. The van der Waals surface area contributed by atoms with Crippen LogP contribution in [0.4, 0.5) is 0 Å². The van der Waals surface area contributed by atoms with Gasteiger partial charge in [-0.15, -0.1) is 24.0 Å². The fraction of sp³-hybridized carbons (Fsp3) is 0.562. The summed E-state index contributed by atoms with van der Waals surface area (Å²) in [6.07, 6.45) is 0.691. The Hall–Kier alpha value is -0.830. The molecule has 1 aromatic carbocycles. The molecule has 0 heterocycles. The van der Waals surface area contributed by atoms with Crippen LogP contribution in [-0.4, -0.2) is 38.8 Å². The van der Waals surface area contributed by atoms with Crippen LogP contribution >= 0.6 is 24.0 Å². The zero-order valence-corrected chi connectivity index (χ0v) is 17.6. The van der Waals surface area contributed by atoms with E-state index in [1.807, 2.05) is 33.8 Å². The maximum Gasteiger partial charge on any atom is 0.191 e. The molecule has 0 saturated carbocycles. The van der Waals surface area contributed by atoms with E-state index in [1.165, 1.54) is 0 Å². The molecule has 1 rings (SSSR count). The Balaban J connectivity index is 0.00000484. The third-order valence-electron chi connectivity index (χ3n) is 3.07. The number of halogens is 1. The summed E-state index contributed by atoms with van der Waals surface area (Å²) >= 11 is 0. The van der Waals surface area contributed by atoms with Crippen molar-refractivity contribution in [2.45, 2.75) is 50.6 Å². The van der Waals surface area contributed by atoms with Crippen molar-refractivity contribution in [1.29, 1.82) is 0 Å². The molecular formula is C16H28IN3O2S. The van der Waals surface area contributed by atoms with Crippen molar-refractivity contribution >= 4 is 39.8 Å². The van der Waals surface area contributed by atoms with Crippen LogP contribution in [0.2, 0.25) is 0 Å². The van der Waals surface area contributed by atoms with Crippen molar-refractivity contribution in [2.75, 3.05) is 12.8 Å². The second kappa shape index (κ2) is 9.46. The molecule has 0 fully saturated rings. The quantitative estimate of drug-likeness (QED) is 0.409. The summed E-state index contributed by atoms with van der Waals surface area (Å²) in [5.41, 5.74) is -0.140. The van der Waals surface area contributed by atoms with Crippen molar-refractivity contribution in [1.82, 2.24) is 10.6 Å². The van der Waals surface area contributed by atoms with Gasteiger partial charge >= 0.3 is 0 Å². The highest BCUT2D eigenvalue weighted by Gasteiger charge is 2.22. The summed E-state index contributed by atoms with van der Waals surface area (Å²) in [7, 11) is -1.63. The topological polar surface area (TPSA) is 70.6 Å². The van der Waals surface area contributed by atoms with Crippen LogP contribution < -0.4 is 10.6 Å². The SMILES string of the molecule is CCC(CS(=O)(=O)c1ccccc1)NC(=NC)NC(C)(C)C.I. The average Bonchev–Trinajstić information content (AvgIpc) is 2.45. The second-order valence-electron chi connectivity index (χ2n) is 6.29. The summed E-state index contributed by atoms with van der Waals surface area (Å²) in [6, 6.07) is 8.35. The third-order valence-corrected chi connectivity index (χ3v) is 4.91. The van der Waals surface area contributed by atoms with Crippen molar-refractivity contribution in [3.05, 3.63) is 30.3 Å². The first-order valence-corrected chi connectivity index (χ1v) is 9.12. The Kier molecular flexibility index (Phi) is 9.12. The largest absolute Gasteiger partial charge is 0.353 e. The van der Waals surface area contributed by atoms with Gasteiger partial charge in [-0.25, -0.2) is 8.42 Å². The summed E-state index contributed by atoms with van der Waals surface area (Å²) in [6.45, 7) is 8.05. The lowest BCUT2D eigenvalue weighted by Crippen LogP contribution is -2.51. The van der Waals surface area contributed by atoms with Gasteiger partial charge in [0.05, 0.1) is 10.6 Å². The Morgan fingerprint density at radius 2 is 1.78 bits per heavy atom. The number of nitrogens with zero attached hydrogens (tertiary/aromatic N) is 1. The molecule has 5 nitrogen and oxygen atoms in total. The molecule has 0 aliphatic heterocycles. The van der Waals surface area contributed by atoms with E-state index in [4.69, 9.17) is 0 Å². The average molecular weight is 453 g/mol. The first-order valence-electron chi connectivity index (χ1n) is 7.47. The fourth-order valence-corrected chi connectivity index (χ4v) is 3.57. The van der Waals surface area contributed by atoms with Gasteiger partial charge in [0, 0.05) is 18.6 Å². The van der Waals surface area contributed by atoms with Crippen LogP contribution in [0.5, 0.6) is 0 Å². The molecule has 23 heavy (non-hydrogen) atoms. The number of aliphatic imine (C=N–C) groups is 1. The molecular weight excluding hydrogens is 425 g/mol. The van der Waals surface area contributed by atoms with Crippen molar-refractivity contribution in [3.8, 4) is 0 Å². The normalized spacial score (nSPS) is 13.9. The lowest BCUT2D eigenvalue weighted by molar-refractivity contribution is 0.491. The van der Waals surface area contributed by atoms with E-state index in [0.717, 1.165) is 0 Å². The van der Waals surface area contributed by atoms with Gasteiger partial charge in [0.15, 0.2) is 15.8 Å². The molecule has 1 unspecified atom stereocenters. The van der Waals surface area contributed by atoms with Crippen LogP contribution in [0, 0.1) is 0 Å². The minimum atomic E-state index is -3.31. The predicted octanol–water partition coefficient (Wildman–Crippen LogP) is 2.82. The van der Waals surface area contributed by atoms with E-state index >= 15 is 0 Å². The van der Waals surface area contributed by atoms with Crippen molar-refractivity contribution in [3.63, 3.8) is 0 Å². The van der Waals surface area contributed by atoms with E-state index in [1.54, 1.807) is 31.3 Å². The number of guanidine groups is 1. The van der Waals surface area contributed by atoms with Crippen molar-refractivity contribution in [2.24, 2.45) is 4.99 Å². The van der Waals surface area contributed by atoms with Gasteiger partial charge in [-0.05, 0) is 39.3 Å². The molecule has 0 aliphatic carbocycles. The summed E-state index contributed by atoms with van der Waals surface area (Å²) in [4.78, 5) is 4.52. The van der Waals surface area contributed by atoms with E-state index in [0.29, 0.717) is 17.3 Å². The number of nitrogens with one attached hydrogen (secondary N) is 2. The smallest absolute Gasteiger partial charge is 0.191 e. The van der Waals surface area contributed by atoms with Gasteiger partial charge in [0.1, 0.15) is 0 Å². The van der Waals surface area contributed by atoms with Gasteiger partial charge in [-0.2, -0.15) is 0 Å². The Morgan fingerprint density at radius 3 is 2.22 bits per heavy atom. The van der Waals surface area contributed by atoms with Gasteiger partial charge in [-0.1, -0.05) is 25.1 Å². The van der Waals surface area contributed by atoms with Gasteiger partial charge in [0.25, 0.3) is 0 Å². The van der Waals surface area contributed by atoms with Crippen LogP contribution in [0.1, 0.15) is 34.1 Å². The van der Waals surface area contributed by atoms with Crippen LogP contribution in [-0.2, 0) is 9.84 Å². The molecule has 0 aliphatic rings. The minimum Gasteiger partial charge on any atom is -0.353 e.